The van der Waals surface area contributed by atoms with Gasteiger partial charge in [-0.1, -0.05) is 11.6 Å². The van der Waals surface area contributed by atoms with Crippen LogP contribution < -0.4 is 0 Å². The van der Waals surface area contributed by atoms with Crippen molar-refractivity contribution in [1.29, 1.82) is 0 Å². The highest BCUT2D eigenvalue weighted by Crippen LogP contribution is 2.24. The minimum absolute atomic E-state index is 0.376. The van der Waals surface area contributed by atoms with Crippen LogP contribution in [0.1, 0.15) is 16.1 Å². The second-order valence-electron chi connectivity index (χ2n) is 3.47. The maximum atomic E-state index is 11.3. The number of aromatic nitrogens is 1. The number of ether oxygens (including phenoxy) is 1. The Bertz CT molecular complexity index is 566. The first-order valence-corrected chi connectivity index (χ1v) is 5.15. The second kappa shape index (κ2) is 4.10. The number of benzene rings is 1. The Kier molecular flexibility index (Phi) is 2.79. The highest BCUT2D eigenvalue weighted by atomic mass is 35.5. The van der Waals surface area contributed by atoms with Crippen molar-refractivity contribution < 1.29 is 9.53 Å². The number of carbonyl (C=O) groups excluding carboxylic acids is 1. The Morgan fingerprint density at radius 2 is 2.12 bits per heavy atom. The topological polar surface area (TPSA) is 39.2 Å². The van der Waals surface area contributed by atoms with Crippen LogP contribution in [-0.4, -0.2) is 18.1 Å². The summed E-state index contributed by atoms with van der Waals surface area (Å²) < 4.78 is 4.65. The smallest absolute Gasteiger partial charge is 0.337 e. The van der Waals surface area contributed by atoms with Gasteiger partial charge in [0.25, 0.3) is 0 Å². The van der Waals surface area contributed by atoms with Gasteiger partial charge in [-0.3, -0.25) is 4.98 Å². The lowest BCUT2D eigenvalue weighted by atomic mass is 10.1. The molecule has 0 saturated carbocycles. The van der Waals surface area contributed by atoms with Gasteiger partial charge in [0, 0.05) is 11.1 Å². The van der Waals surface area contributed by atoms with Gasteiger partial charge in [-0.2, -0.15) is 0 Å². The summed E-state index contributed by atoms with van der Waals surface area (Å²) in [5, 5.41) is 1.35. The van der Waals surface area contributed by atoms with Gasteiger partial charge in [0.2, 0.25) is 0 Å². The van der Waals surface area contributed by atoms with Gasteiger partial charge in [0.1, 0.15) is 0 Å². The molecule has 0 radical (unpaired) electrons. The third-order valence-electron chi connectivity index (χ3n) is 2.31. The molecule has 0 fully saturated rings. The number of rotatable bonds is 1. The number of halogens is 1. The summed E-state index contributed by atoms with van der Waals surface area (Å²) in [5.74, 6) is -0.376. The van der Waals surface area contributed by atoms with E-state index >= 15 is 0 Å². The summed E-state index contributed by atoms with van der Waals surface area (Å²) in [6.45, 7) is 1.87. The quantitative estimate of drug-likeness (QED) is 0.714. The van der Waals surface area contributed by atoms with E-state index in [1.807, 2.05) is 6.92 Å². The second-order valence-corrected chi connectivity index (χ2v) is 3.88. The molecule has 0 atom stereocenters. The van der Waals surface area contributed by atoms with Gasteiger partial charge in [-0.05, 0) is 31.2 Å². The van der Waals surface area contributed by atoms with Gasteiger partial charge in [-0.25, -0.2) is 4.79 Å². The molecule has 2 rings (SSSR count). The first-order valence-electron chi connectivity index (χ1n) is 4.77. The molecule has 0 spiro atoms. The number of esters is 1. The summed E-state index contributed by atoms with van der Waals surface area (Å²) >= 11 is 6.09. The molecule has 0 N–H and O–H groups in total. The largest absolute Gasteiger partial charge is 0.465 e. The van der Waals surface area contributed by atoms with E-state index in [0.29, 0.717) is 10.6 Å². The normalized spacial score (nSPS) is 10.4. The van der Waals surface area contributed by atoms with E-state index in [-0.39, 0.29) is 5.97 Å². The van der Waals surface area contributed by atoms with Gasteiger partial charge < -0.3 is 4.74 Å². The summed E-state index contributed by atoms with van der Waals surface area (Å²) in [7, 11) is 1.35. The van der Waals surface area contributed by atoms with Crippen LogP contribution in [0.25, 0.3) is 10.9 Å². The van der Waals surface area contributed by atoms with Crippen molar-refractivity contribution in [2.45, 2.75) is 6.92 Å². The Labute approximate surface area is 98.0 Å². The lowest BCUT2D eigenvalue weighted by Gasteiger charge is -2.04. The third kappa shape index (κ3) is 1.86. The molecule has 0 saturated heterocycles. The Balaban J connectivity index is 2.66. The van der Waals surface area contributed by atoms with E-state index in [1.165, 1.54) is 7.11 Å². The molecule has 0 aliphatic carbocycles. The average molecular weight is 236 g/mol. The highest BCUT2D eigenvalue weighted by Gasteiger charge is 2.08. The Morgan fingerprint density at radius 1 is 1.38 bits per heavy atom. The predicted octanol–water partition coefficient (Wildman–Crippen LogP) is 2.98. The molecular formula is C12H10ClNO2. The molecule has 1 aromatic carbocycles. The fourth-order valence-corrected chi connectivity index (χ4v) is 1.86. The number of aryl methyl sites for hydroxylation is 1. The van der Waals surface area contributed by atoms with Crippen LogP contribution >= 0.6 is 11.6 Å². The Morgan fingerprint density at radius 3 is 2.81 bits per heavy atom. The van der Waals surface area contributed by atoms with E-state index in [9.17, 15) is 4.79 Å². The van der Waals surface area contributed by atoms with Gasteiger partial charge >= 0.3 is 5.97 Å². The lowest BCUT2D eigenvalue weighted by Crippen LogP contribution is -2.01. The van der Waals surface area contributed by atoms with Crippen LogP contribution in [-0.2, 0) is 4.74 Å². The maximum Gasteiger partial charge on any atom is 0.337 e. The minimum Gasteiger partial charge on any atom is -0.465 e. The molecule has 1 heterocycles. The molecule has 0 aliphatic rings. The molecule has 0 unspecified atom stereocenters. The van der Waals surface area contributed by atoms with E-state index in [2.05, 4.69) is 9.72 Å². The van der Waals surface area contributed by atoms with Crippen LogP contribution in [0, 0.1) is 6.92 Å². The van der Waals surface area contributed by atoms with Crippen LogP contribution in [0.2, 0.25) is 5.02 Å². The minimum atomic E-state index is -0.376. The maximum absolute atomic E-state index is 11.3. The SMILES string of the molecule is COC(=O)c1ccc2nc(C)cc(Cl)c2c1. The first kappa shape index (κ1) is 10.9. The lowest BCUT2D eigenvalue weighted by molar-refractivity contribution is 0.0601. The zero-order valence-electron chi connectivity index (χ0n) is 8.95. The highest BCUT2D eigenvalue weighted by molar-refractivity contribution is 6.35. The zero-order chi connectivity index (χ0) is 11.7. The third-order valence-corrected chi connectivity index (χ3v) is 2.62. The van der Waals surface area contributed by atoms with Crippen molar-refractivity contribution in [3.63, 3.8) is 0 Å². The van der Waals surface area contributed by atoms with Crippen LogP contribution in [0.5, 0.6) is 0 Å². The number of hydrogen-bond acceptors (Lipinski definition) is 3. The van der Waals surface area contributed by atoms with Crippen molar-refractivity contribution in [3.05, 3.63) is 40.5 Å². The molecule has 4 heteroatoms. The van der Waals surface area contributed by atoms with E-state index < -0.39 is 0 Å². The Hall–Kier alpha value is -1.61. The molecule has 1 aromatic heterocycles. The van der Waals surface area contributed by atoms with Crippen molar-refractivity contribution in [2.75, 3.05) is 7.11 Å². The van der Waals surface area contributed by atoms with Crippen LogP contribution in [0.3, 0.4) is 0 Å². The van der Waals surface area contributed by atoms with E-state index in [4.69, 9.17) is 11.6 Å². The van der Waals surface area contributed by atoms with Crippen LogP contribution in [0.15, 0.2) is 24.3 Å². The molecule has 82 valence electrons. The molecule has 16 heavy (non-hydrogen) atoms. The molecule has 2 aromatic rings. The molecule has 0 amide bonds. The fourth-order valence-electron chi connectivity index (χ4n) is 1.55. The summed E-state index contributed by atoms with van der Waals surface area (Å²) in [6.07, 6.45) is 0. The van der Waals surface area contributed by atoms with E-state index in [1.54, 1.807) is 24.3 Å². The standard InChI is InChI=1S/C12H10ClNO2/c1-7-5-10(13)9-6-8(12(15)16-2)3-4-11(9)14-7/h3-6H,1-2H3. The predicted molar refractivity (Wildman–Crippen MR) is 62.8 cm³/mol. The van der Waals surface area contributed by atoms with Crippen molar-refractivity contribution >= 4 is 28.5 Å². The van der Waals surface area contributed by atoms with Gasteiger partial charge in [0.05, 0.1) is 23.2 Å². The number of nitrogens with zero attached hydrogens (tertiary/aromatic N) is 1. The number of pyridine rings is 1. The van der Waals surface area contributed by atoms with Crippen LogP contribution in [0.4, 0.5) is 0 Å². The summed E-state index contributed by atoms with van der Waals surface area (Å²) in [4.78, 5) is 15.7. The molecule has 0 bridgehead atoms. The average Bonchev–Trinajstić information content (AvgIpc) is 2.27. The number of fused-ring (bicyclic) bond motifs is 1. The number of hydrogen-bond donors (Lipinski definition) is 0. The van der Waals surface area contributed by atoms with Crippen molar-refractivity contribution in [1.82, 2.24) is 4.98 Å². The number of methoxy groups -OCH3 is 1. The summed E-state index contributed by atoms with van der Waals surface area (Å²) in [6, 6.07) is 6.90. The van der Waals surface area contributed by atoms with Crippen molar-refractivity contribution in [2.24, 2.45) is 0 Å². The first-order chi connectivity index (χ1) is 7.61. The van der Waals surface area contributed by atoms with Gasteiger partial charge in [-0.15, -0.1) is 0 Å². The molecule has 3 nitrogen and oxygen atoms in total. The van der Waals surface area contributed by atoms with Crippen molar-refractivity contribution in [3.8, 4) is 0 Å². The van der Waals surface area contributed by atoms with Gasteiger partial charge in [0.15, 0.2) is 0 Å². The molecule has 0 aliphatic heterocycles. The number of carbonyl (C=O) groups is 1. The summed E-state index contributed by atoms with van der Waals surface area (Å²) in [5.41, 5.74) is 2.10. The monoisotopic (exact) mass is 235 g/mol. The zero-order valence-corrected chi connectivity index (χ0v) is 9.71. The molecular weight excluding hydrogens is 226 g/mol. The van der Waals surface area contributed by atoms with E-state index in [0.717, 1.165) is 16.6 Å². The fraction of sp³-hybridized carbons (Fsp3) is 0.167.